The average Bonchev–Trinajstić information content (AvgIpc) is 2.53. The molecule has 2 rings (SSSR count). The van der Waals surface area contributed by atoms with Crippen LogP contribution in [-0.2, 0) is 29.2 Å². The van der Waals surface area contributed by atoms with Crippen LogP contribution in [0, 0.1) is 0 Å². The molecular formula is C20H25NO3. The largest absolute Gasteiger partial charge is 0.444 e. The van der Waals surface area contributed by atoms with Crippen LogP contribution in [0.4, 0.5) is 4.79 Å². The van der Waals surface area contributed by atoms with E-state index in [1.807, 2.05) is 75.4 Å². The van der Waals surface area contributed by atoms with Crippen molar-refractivity contribution in [1.82, 2.24) is 5.32 Å². The summed E-state index contributed by atoms with van der Waals surface area (Å²) >= 11 is 0. The fourth-order valence-corrected chi connectivity index (χ4v) is 2.18. The molecule has 24 heavy (non-hydrogen) atoms. The lowest BCUT2D eigenvalue weighted by molar-refractivity contribution is 0.0523. The first-order chi connectivity index (χ1) is 11.4. The average molecular weight is 327 g/mol. The summed E-state index contributed by atoms with van der Waals surface area (Å²) in [5.74, 6) is 0. The van der Waals surface area contributed by atoms with E-state index in [0.29, 0.717) is 19.8 Å². The molecule has 1 N–H and O–H groups in total. The molecule has 0 saturated carbocycles. The number of hydrogen-bond donors (Lipinski definition) is 1. The highest BCUT2D eigenvalue weighted by atomic mass is 16.6. The third kappa shape index (κ3) is 6.84. The summed E-state index contributed by atoms with van der Waals surface area (Å²) in [5, 5.41) is 2.76. The van der Waals surface area contributed by atoms with Gasteiger partial charge in [-0.3, -0.25) is 0 Å². The molecular weight excluding hydrogens is 302 g/mol. The van der Waals surface area contributed by atoms with E-state index >= 15 is 0 Å². The number of nitrogens with one attached hydrogen (secondary N) is 1. The first-order valence-electron chi connectivity index (χ1n) is 8.09. The van der Waals surface area contributed by atoms with Gasteiger partial charge in [0.15, 0.2) is 0 Å². The number of hydrogen-bond acceptors (Lipinski definition) is 3. The van der Waals surface area contributed by atoms with Crippen molar-refractivity contribution in [2.24, 2.45) is 0 Å². The summed E-state index contributed by atoms with van der Waals surface area (Å²) in [6.07, 6.45) is -0.409. The second kappa shape index (κ2) is 8.50. The molecule has 4 nitrogen and oxygen atoms in total. The number of alkyl carbamates (subject to hydrolysis) is 1. The maximum Gasteiger partial charge on any atom is 0.407 e. The van der Waals surface area contributed by atoms with E-state index in [0.717, 1.165) is 16.7 Å². The first-order valence-corrected chi connectivity index (χ1v) is 8.09. The lowest BCUT2D eigenvalue weighted by Crippen LogP contribution is -2.32. The van der Waals surface area contributed by atoms with Crippen LogP contribution in [0.2, 0.25) is 0 Å². The summed E-state index contributed by atoms with van der Waals surface area (Å²) < 4.78 is 11.0. The normalized spacial score (nSPS) is 11.1. The van der Waals surface area contributed by atoms with Gasteiger partial charge < -0.3 is 14.8 Å². The first kappa shape index (κ1) is 18.0. The van der Waals surface area contributed by atoms with E-state index in [2.05, 4.69) is 5.32 Å². The van der Waals surface area contributed by atoms with E-state index in [1.54, 1.807) is 0 Å². The molecule has 0 bridgehead atoms. The highest BCUT2D eigenvalue weighted by Gasteiger charge is 2.15. The topological polar surface area (TPSA) is 47.6 Å². The van der Waals surface area contributed by atoms with E-state index < -0.39 is 11.7 Å². The maximum atomic E-state index is 11.7. The number of rotatable bonds is 6. The lowest BCUT2D eigenvalue weighted by atomic mass is 10.1. The molecule has 4 heteroatoms. The van der Waals surface area contributed by atoms with Crippen LogP contribution in [0.25, 0.3) is 0 Å². The maximum absolute atomic E-state index is 11.7. The van der Waals surface area contributed by atoms with Crippen molar-refractivity contribution >= 4 is 6.09 Å². The quantitative estimate of drug-likeness (QED) is 0.854. The van der Waals surface area contributed by atoms with Gasteiger partial charge in [-0.25, -0.2) is 4.79 Å². The summed E-state index contributed by atoms with van der Waals surface area (Å²) in [4.78, 5) is 11.7. The van der Waals surface area contributed by atoms with Gasteiger partial charge in [-0.1, -0.05) is 54.6 Å². The van der Waals surface area contributed by atoms with Crippen LogP contribution < -0.4 is 5.32 Å². The number of amides is 1. The summed E-state index contributed by atoms with van der Waals surface area (Å²) in [6.45, 7) is 7.09. The van der Waals surface area contributed by atoms with Crippen molar-refractivity contribution in [3.8, 4) is 0 Å². The zero-order chi connectivity index (χ0) is 17.4. The highest BCUT2D eigenvalue weighted by molar-refractivity contribution is 5.67. The van der Waals surface area contributed by atoms with Gasteiger partial charge in [0, 0.05) is 6.54 Å². The van der Waals surface area contributed by atoms with Gasteiger partial charge >= 0.3 is 6.09 Å². The Balaban J connectivity index is 1.79. The minimum absolute atomic E-state index is 0.409. The highest BCUT2D eigenvalue weighted by Crippen LogP contribution is 2.10. The van der Waals surface area contributed by atoms with Crippen LogP contribution in [0.1, 0.15) is 37.5 Å². The molecule has 0 atom stereocenters. The number of carbonyl (C=O) groups excluding carboxylic acids is 1. The third-order valence-corrected chi connectivity index (χ3v) is 3.21. The monoisotopic (exact) mass is 327 g/mol. The van der Waals surface area contributed by atoms with Gasteiger partial charge in [0.25, 0.3) is 0 Å². The second-order valence-electron chi connectivity index (χ2n) is 6.65. The van der Waals surface area contributed by atoms with Crippen LogP contribution in [0.5, 0.6) is 0 Å². The van der Waals surface area contributed by atoms with Crippen molar-refractivity contribution < 1.29 is 14.3 Å². The molecule has 2 aromatic carbocycles. The smallest absolute Gasteiger partial charge is 0.407 e. The van der Waals surface area contributed by atoms with E-state index in [-0.39, 0.29) is 0 Å². The Bertz CT molecular complexity index is 647. The van der Waals surface area contributed by atoms with Crippen LogP contribution >= 0.6 is 0 Å². The zero-order valence-corrected chi connectivity index (χ0v) is 14.5. The SMILES string of the molecule is CC(C)(C)OC(=O)NCc1cccc(COCc2ccccc2)c1. The fraction of sp³-hybridized carbons (Fsp3) is 0.350. The molecule has 0 saturated heterocycles. The third-order valence-electron chi connectivity index (χ3n) is 3.21. The Morgan fingerprint density at radius 2 is 1.54 bits per heavy atom. The van der Waals surface area contributed by atoms with Gasteiger partial charge in [-0.05, 0) is 37.5 Å². The van der Waals surface area contributed by atoms with Gasteiger partial charge in [0.1, 0.15) is 5.60 Å². The van der Waals surface area contributed by atoms with Crippen LogP contribution in [-0.4, -0.2) is 11.7 Å². The standard InChI is InChI=1S/C20H25NO3/c1-20(2,3)24-19(22)21-13-17-10-7-11-18(12-17)15-23-14-16-8-5-4-6-9-16/h4-12H,13-15H2,1-3H3,(H,21,22). The molecule has 0 fully saturated rings. The molecule has 0 heterocycles. The predicted molar refractivity (Wildman–Crippen MR) is 94.5 cm³/mol. The molecule has 0 radical (unpaired) electrons. The lowest BCUT2D eigenvalue weighted by Gasteiger charge is -2.19. The Morgan fingerprint density at radius 1 is 0.917 bits per heavy atom. The second-order valence-corrected chi connectivity index (χ2v) is 6.65. The van der Waals surface area contributed by atoms with E-state index in [9.17, 15) is 4.79 Å². The minimum atomic E-state index is -0.489. The molecule has 0 aliphatic heterocycles. The van der Waals surface area contributed by atoms with Crippen molar-refractivity contribution in [1.29, 1.82) is 0 Å². The predicted octanol–water partition coefficient (Wildman–Crippen LogP) is 4.43. The Morgan fingerprint density at radius 3 is 2.25 bits per heavy atom. The number of benzene rings is 2. The Kier molecular flexibility index (Phi) is 6.38. The summed E-state index contributed by atoms with van der Waals surface area (Å²) in [5.41, 5.74) is 2.76. The molecule has 1 amide bonds. The molecule has 0 aliphatic carbocycles. The summed E-state index contributed by atoms with van der Waals surface area (Å²) in [6, 6.07) is 18.1. The molecule has 0 unspecified atom stereocenters. The van der Waals surface area contributed by atoms with Crippen molar-refractivity contribution in [3.63, 3.8) is 0 Å². The van der Waals surface area contributed by atoms with Crippen molar-refractivity contribution in [2.75, 3.05) is 0 Å². The molecule has 0 aliphatic rings. The fourth-order valence-electron chi connectivity index (χ4n) is 2.18. The van der Waals surface area contributed by atoms with Gasteiger partial charge in [0.2, 0.25) is 0 Å². The molecule has 128 valence electrons. The van der Waals surface area contributed by atoms with Gasteiger partial charge in [-0.2, -0.15) is 0 Å². The summed E-state index contributed by atoms with van der Waals surface area (Å²) in [7, 11) is 0. The number of ether oxygens (including phenoxy) is 2. The zero-order valence-electron chi connectivity index (χ0n) is 14.5. The Hall–Kier alpha value is -2.33. The van der Waals surface area contributed by atoms with Crippen molar-refractivity contribution in [3.05, 3.63) is 71.3 Å². The van der Waals surface area contributed by atoms with E-state index in [4.69, 9.17) is 9.47 Å². The van der Waals surface area contributed by atoms with Gasteiger partial charge in [0.05, 0.1) is 13.2 Å². The molecule has 2 aromatic rings. The molecule has 0 aromatic heterocycles. The van der Waals surface area contributed by atoms with Crippen molar-refractivity contribution in [2.45, 2.75) is 46.1 Å². The minimum Gasteiger partial charge on any atom is -0.444 e. The van der Waals surface area contributed by atoms with Gasteiger partial charge in [-0.15, -0.1) is 0 Å². The number of carbonyl (C=O) groups is 1. The van der Waals surface area contributed by atoms with Crippen LogP contribution in [0.3, 0.4) is 0 Å². The molecule has 0 spiro atoms. The van der Waals surface area contributed by atoms with E-state index in [1.165, 1.54) is 0 Å². The Labute approximate surface area is 143 Å². The van der Waals surface area contributed by atoms with Crippen LogP contribution in [0.15, 0.2) is 54.6 Å².